The maximum atomic E-state index is 14.0. The summed E-state index contributed by atoms with van der Waals surface area (Å²) in [6, 6.07) is -3.80. The highest BCUT2D eigenvalue weighted by atomic mass is 16.4. The van der Waals surface area contributed by atoms with E-state index in [0.717, 1.165) is 0 Å². The maximum absolute atomic E-state index is 14.0. The zero-order chi connectivity index (χ0) is 43.7. The zero-order valence-corrected chi connectivity index (χ0v) is 33.0. The van der Waals surface area contributed by atoms with Crippen molar-refractivity contribution in [1.82, 2.24) is 31.5 Å². The molecule has 7 amide bonds. The fourth-order valence-electron chi connectivity index (χ4n) is 6.27. The molecule has 21 heteroatoms. The lowest BCUT2D eigenvalue weighted by Gasteiger charge is -2.31. The normalized spacial score (nSPS) is 17.4. The summed E-state index contributed by atoms with van der Waals surface area (Å²) in [5, 5.41) is 51.3. The van der Waals surface area contributed by atoms with Gasteiger partial charge in [-0.25, -0.2) is 4.79 Å². The summed E-state index contributed by atoms with van der Waals surface area (Å²) in [5.41, 5.74) is 17.1. The summed E-state index contributed by atoms with van der Waals surface area (Å²) in [6.45, 7) is 4.22. The second-order valence-corrected chi connectivity index (χ2v) is 14.7. The number of rotatable bonds is 24. The minimum atomic E-state index is -1.63. The van der Waals surface area contributed by atoms with E-state index in [4.69, 9.17) is 17.2 Å². The van der Waals surface area contributed by atoms with Gasteiger partial charge < -0.3 is 69.1 Å². The van der Waals surface area contributed by atoms with Gasteiger partial charge in [-0.05, 0) is 75.6 Å². The van der Waals surface area contributed by atoms with Gasteiger partial charge in [0, 0.05) is 13.0 Å². The minimum absolute atomic E-state index is 0.0388. The van der Waals surface area contributed by atoms with Crippen LogP contribution in [0.3, 0.4) is 0 Å². The number of nitrogens with zero attached hydrogens (tertiary/aromatic N) is 1. The number of carboxylic acids is 1. The van der Waals surface area contributed by atoms with Crippen LogP contribution in [0.5, 0.6) is 5.75 Å². The number of aromatic hydroxyl groups is 1. The number of aliphatic hydroxyl groups is 2. The largest absolute Gasteiger partial charge is 0.508 e. The minimum Gasteiger partial charge on any atom is -0.508 e. The Morgan fingerprint density at radius 3 is 1.97 bits per heavy atom. The molecule has 1 aromatic carbocycles. The number of aliphatic hydroxyl groups excluding tert-OH is 2. The Hall–Kier alpha value is -5.38. The van der Waals surface area contributed by atoms with Crippen LogP contribution in [0.1, 0.15) is 71.3 Å². The molecule has 1 fully saturated rings. The fourth-order valence-corrected chi connectivity index (χ4v) is 6.27. The summed E-state index contributed by atoms with van der Waals surface area (Å²) in [4.78, 5) is 105. The third-order valence-corrected chi connectivity index (χ3v) is 9.37. The fraction of sp³-hybridized carbons (Fsp3) is 0.622. The highest BCUT2D eigenvalue weighted by Crippen LogP contribution is 2.21. The maximum Gasteiger partial charge on any atom is 0.328 e. The van der Waals surface area contributed by atoms with E-state index in [9.17, 15) is 58.8 Å². The molecule has 1 aliphatic heterocycles. The van der Waals surface area contributed by atoms with Gasteiger partial charge in [0.05, 0.1) is 25.2 Å². The van der Waals surface area contributed by atoms with Crippen molar-refractivity contribution in [1.29, 1.82) is 0 Å². The third kappa shape index (κ3) is 15.5. The number of aliphatic carboxylic acids is 1. The van der Waals surface area contributed by atoms with E-state index < -0.39 is 109 Å². The number of phenols is 1. The number of phenolic OH excluding ortho intramolecular Hbond substituents is 1. The molecule has 1 aromatic rings. The van der Waals surface area contributed by atoms with Gasteiger partial charge in [0.25, 0.3) is 0 Å². The molecule has 1 aliphatic rings. The Morgan fingerprint density at radius 1 is 0.828 bits per heavy atom. The van der Waals surface area contributed by atoms with Gasteiger partial charge in [0.1, 0.15) is 42.0 Å². The van der Waals surface area contributed by atoms with Gasteiger partial charge in [0.2, 0.25) is 41.4 Å². The van der Waals surface area contributed by atoms with Crippen molar-refractivity contribution in [3.05, 3.63) is 29.8 Å². The van der Waals surface area contributed by atoms with E-state index in [0.29, 0.717) is 24.8 Å². The van der Waals surface area contributed by atoms with E-state index in [-0.39, 0.29) is 50.4 Å². The summed E-state index contributed by atoms with van der Waals surface area (Å²) < 4.78 is 0. The summed E-state index contributed by atoms with van der Waals surface area (Å²) in [7, 11) is 0. The molecule has 0 bridgehead atoms. The monoisotopic (exact) mass is 821 g/mol. The topological polar surface area (TPSA) is 359 Å². The molecule has 58 heavy (non-hydrogen) atoms. The number of nitrogens with two attached hydrogens (primary N) is 3. The molecule has 0 aliphatic carbocycles. The average molecular weight is 822 g/mol. The SMILES string of the molecule is CC(C)C[C@H](NC(=O)[C@@H](NC(=O)[C@@H]1CCCN1C(=O)[C@H](Cc1ccc(O)cc1)NC(=O)[C@@H](N)CC(N)=O)[C@@H](C)O)C(=O)N[C@@H](CCCCN)C(=O)N[C@@H](CO)C(=O)O. The zero-order valence-electron chi connectivity index (χ0n) is 33.0. The molecule has 1 saturated heterocycles. The number of benzene rings is 1. The van der Waals surface area contributed by atoms with Gasteiger partial charge in [-0.2, -0.15) is 0 Å². The van der Waals surface area contributed by atoms with E-state index in [1.54, 1.807) is 13.8 Å². The van der Waals surface area contributed by atoms with Crippen LogP contribution in [-0.4, -0.2) is 141 Å². The van der Waals surface area contributed by atoms with Crippen molar-refractivity contribution < 1.29 is 58.8 Å². The van der Waals surface area contributed by atoms with Crippen molar-refractivity contribution in [3.8, 4) is 5.75 Å². The van der Waals surface area contributed by atoms with Crippen molar-refractivity contribution in [2.24, 2.45) is 23.1 Å². The van der Waals surface area contributed by atoms with Crippen LogP contribution in [0.15, 0.2) is 24.3 Å². The van der Waals surface area contributed by atoms with Crippen LogP contribution in [-0.2, 0) is 44.8 Å². The number of nitrogens with one attached hydrogen (secondary N) is 5. The smallest absolute Gasteiger partial charge is 0.328 e. The van der Waals surface area contributed by atoms with Gasteiger partial charge in [-0.3, -0.25) is 33.6 Å². The number of unbranched alkanes of at least 4 members (excludes halogenated alkanes) is 1. The Labute approximate surface area is 336 Å². The number of carbonyl (C=O) groups excluding carboxylic acids is 7. The van der Waals surface area contributed by atoms with Crippen molar-refractivity contribution in [2.45, 2.75) is 121 Å². The van der Waals surface area contributed by atoms with E-state index in [1.165, 1.54) is 36.1 Å². The Kier molecular flexibility index (Phi) is 20.0. The molecule has 0 spiro atoms. The first-order valence-electron chi connectivity index (χ1n) is 19.1. The highest BCUT2D eigenvalue weighted by molar-refractivity contribution is 5.97. The van der Waals surface area contributed by atoms with Crippen LogP contribution in [0, 0.1) is 5.92 Å². The third-order valence-electron chi connectivity index (χ3n) is 9.37. The summed E-state index contributed by atoms with van der Waals surface area (Å²) in [6.07, 6.45) is -0.630. The highest BCUT2D eigenvalue weighted by Gasteiger charge is 2.40. The molecule has 15 N–H and O–H groups in total. The number of primary amides is 1. The Bertz CT molecular complexity index is 1590. The van der Waals surface area contributed by atoms with Gasteiger partial charge in [-0.15, -0.1) is 0 Å². The predicted octanol–water partition coefficient (Wildman–Crippen LogP) is -3.81. The van der Waals surface area contributed by atoms with Crippen molar-refractivity contribution in [2.75, 3.05) is 19.7 Å². The second kappa shape index (κ2) is 23.8. The lowest BCUT2D eigenvalue weighted by atomic mass is 10.0. The quantitative estimate of drug-likeness (QED) is 0.0445. The molecule has 21 nitrogen and oxygen atoms in total. The molecule has 8 atom stereocenters. The van der Waals surface area contributed by atoms with E-state index >= 15 is 0 Å². The molecular formula is C37H59N9O12. The van der Waals surface area contributed by atoms with Crippen LogP contribution in [0.25, 0.3) is 0 Å². The molecular weight excluding hydrogens is 762 g/mol. The molecule has 1 heterocycles. The lowest BCUT2D eigenvalue weighted by molar-refractivity contribution is -0.143. The van der Waals surface area contributed by atoms with E-state index in [1.807, 2.05) is 0 Å². The number of hydrogen-bond donors (Lipinski definition) is 12. The van der Waals surface area contributed by atoms with Gasteiger partial charge in [-0.1, -0.05) is 26.0 Å². The Morgan fingerprint density at radius 2 is 1.41 bits per heavy atom. The van der Waals surface area contributed by atoms with Crippen molar-refractivity contribution in [3.63, 3.8) is 0 Å². The molecule has 0 radical (unpaired) electrons. The first kappa shape index (κ1) is 48.8. The number of amides is 7. The van der Waals surface area contributed by atoms with Crippen LogP contribution >= 0.6 is 0 Å². The molecule has 0 saturated carbocycles. The van der Waals surface area contributed by atoms with Crippen LogP contribution in [0.2, 0.25) is 0 Å². The first-order chi connectivity index (χ1) is 27.3. The lowest BCUT2D eigenvalue weighted by Crippen LogP contribution is -2.61. The molecule has 0 unspecified atom stereocenters. The molecule has 324 valence electrons. The van der Waals surface area contributed by atoms with Gasteiger partial charge in [0.15, 0.2) is 0 Å². The average Bonchev–Trinajstić information content (AvgIpc) is 3.65. The van der Waals surface area contributed by atoms with Crippen molar-refractivity contribution >= 4 is 47.3 Å². The Balaban J connectivity index is 2.29. The number of carboxylic acid groups (broad SMARTS) is 1. The molecule has 2 rings (SSSR count). The summed E-state index contributed by atoms with van der Waals surface area (Å²) >= 11 is 0. The first-order valence-corrected chi connectivity index (χ1v) is 19.1. The number of hydrogen-bond acceptors (Lipinski definition) is 13. The van der Waals surface area contributed by atoms with E-state index in [2.05, 4.69) is 26.6 Å². The number of likely N-dealkylation sites (tertiary alicyclic amines) is 1. The standard InChI is InChI=1S/C37H59N9O12/c1-19(2)15-25(33(53)41-24(7-4-5-13-38)32(52)44-27(18-47)37(57)58)42-35(55)30(20(3)48)45-34(54)28-8-6-14-46(28)36(56)26(16-21-9-11-22(49)12-10-21)43-31(51)23(39)17-29(40)50/h9-12,19-20,23-28,30,47-49H,4-8,13-18,38-39H2,1-3H3,(H2,40,50)(H,41,53)(H,42,55)(H,43,51)(H,44,52)(H,45,54)(H,57,58)/t20-,23+,24+,25+,26+,27+,28+,30+/m1/s1. The number of carbonyl (C=O) groups is 8. The van der Waals surface area contributed by atoms with Crippen LogP contribution < -0.4 is 43.8 Å². The second-order valence-electron chi connectivity index (χ2n) is 14.7. The molecule has 0 aromatic heterocycles. The van der Waals surface area contributed by atoms with Gasteiger partial charge >= 0.3 is 5.97 Å². The van der Waals surface area contributed by atoms with Crippen LogP contribution in [0.4, 0.5) is 0 Å². The summed E-state index contributed by atoms with van der Waals surface area (Å²) in [5.74, 6) is -7.57. The predicted molar refractivity (Wildman–Crippen MR) is 207 cm³/mol.